The molecule has 2 aromatic heterocycles. The third kappa shape index (κ3) is 7.38. The van der Waals surface area contributed by atoms with Gasteiger partial charge >= 0.3 is 0 Å². The number of halogens is 2. The topological polar surface area (TPSA) is 140 Å². The molecule has 5 rings (SSSR count). The Bertz CT molecular complexity index is 1710. The van der Waals surface area contributed by atoms with Gasteiger partial charge < -0.3 is 29.7 Å². The van der Waals surface area contributed by atoms with Crippen LogP contribution in [0.3, 0.4) is 0 Å². The lowest BCUT2D eigenvalue weighted by atomic mass is 10.0. The molecule has 15 heteroatoms. The van der Waals surface area contributed by atoms with E-state index in [-0.39, 0.29) is 63.1 Å². The molecule has 1 aromatic carbocycles. The summed E-state index contributed by atoms with van der Waals surface area (Å²) < 4.78 is 18.1. The average Bonchev–Trinajstić information content (AvgIpc) is 3.09. The van der Waals surface area contributed by atoms with Gasteiger partial charge in [0.1, 0.15) is 17.1 Å². The number of hydrogen-bond donors (Lipinski definition) is 2. The number of nitrogens with zero attached hydrogens (tertiary/aromatic N) is 5. The van der Waals surface area contributed by atoms with Crippen LogP contribution in [0.15, 0.2) is 48.4 Å². The van der Waals surface area contributed by atoms with Crippen LogP contribution in [-0.4, -0.2) is 108 Å². The minimum absolute atomic E-state index is 0.103. The zero-order chi connectivity index (χ0) is 33.7. The summed E-state index contributed by atoms with van der Waals surface area (Å²) in [4.78, 5) is 51.7. The number of piperazine rings is 1. The second-order valence-corrected chi connectivity index (χ2v) is 11.8. The molecule has 0 spiro atoms. The van der Waals surface area contributed by atoms with E-state index in [9.17, 15) is 14.4 Å². The molecule has 2 amide bonds. The molecule has 0 saturated carbocycles. The van der Waals surface area contributed by atoms with E-state index < -0.39 is 0 Å². The first-order valence-electron chi connectivity index (χ1n) is 15.1. The number of hydrogen-bond acceptors (Lipinski definition) is 10. The van der Waals surface area contributed by atoms with Crippen molar-refractivity contribution < 1.29 is 23.8 Å². The summed E-state index contributed by atoms with van der Waals surface area (Å²) in [6, 6.07) is 2.66. The van der Waals surface area contributed by atoms with E-state index in [4.69, 9.17) is 42.4 Å². The highest BCUT2D eigenvalue weighted by Crippen LogP contribution is 2.45. The molecule has 2 atom stereocenters. The Morgan fingerprint density at radius 3 is 2.38 bits per heavy atom. The fraction of sp³-hybridized carbons (Fsp3) is 0.406. The SMILES string of the molecule is C=CC(=O)N[C@H]1CCOC[C@H]1Nc1ncc2cc(-c3c(Cl)c(OC)cc(OC)c3Cl)c(=O)n(CCN3CCN(C(=O)C=C)CC3)c2n1. The molecule has 2 fully saturated rings. The van der Waals surface area contributed by atoms with E-state index in [1.807, 2.05) is 0 Å². The Kier molecular flexibility index (Phi) is 11.0. The molecule has 0 aliphatic carbocycles. The first kappa shape index (κ1) is 34.2. The lowest BCUT2D eigenvalue weighted by molar-refractivity contribution is -0.127. The number of fused-ring (bicyclic) bond motifs is 1. The van der Waals surface area contributed by atoms with E-state index >= 15 is 0 Å². The Balaban J connectivity index is 1.55. The molecule has 2 aliphatic heterocycles. The van der Waals surface area contributed by atoms with Gasteiger partial charge in [0.05, 0.1) is 48.5 Å². The molecule has 250 valence electrons. The van der Waals surface area contributed by atoms with E-state index in [1.165, 1.54) is 26.4 Å². The predicted octanol–water partition coefficient (Wildman–Crippen LogP) is 2.98. The molecule has 13 nitrogen and oxygen atoms in total. The van der Waals surface area contributed by atoms with Gasteiger partial charge in [-0.2, -0.15) is 4.98 Å². The molecule has 2 saturated heterocycles. The maximum Gasteiger partial charge on any atom is 0.260 e. The van der Waals surface area contributed by atoms with Gasteiger partial charge in [-0.25, -0.2) is 4.98 Å². The number of nitrogens with one attached hydrogen (secondary N) is 2. The minimum Gasteiger partial charge on any atom is -0.495 e. The molecule has 0 radical (unpaired) electrons. The lowest BCUT2D eigenvalue weighted by Crippen LogP contribution is -2.52. The standard InChI is InChI=1S/C32H37Cl2N7O6/c1-5-25(42)36-21-7-14-47-18-22(21)37-32-35-17-19-15-20(27-28(33)23(45-3)16-24(46-4)29(27)34)31(44)41(30(19)38-32)13-10-39-8-11-40(12-9-39)26(43)6-2/h5-6,15-17,21-22H,1-2,7-14,18H2,3-4H3,(H,36,42)(H,35,37,38)/t21-,22+/m0/s1. The predicted molar refractivity (Wildman–Crippen MR) is 181 cm³/mol. The Morgan fingerprint density at radius 2 is 1.74 bits per heavy atom. The summed E-state index contributed by atoms with van der Waals surface area (Å²) in [5.41, 5.74) is 0.508. The zero-order valence-corrected chi connectivity index (χ0v) is 27.8. The highest BCUT2D eigenvalue weighted by atomic mass is 35.5. The third-order valence-electron chi connectivity index (χ3n) is 8.35. The van der Waals surface area contributed by atoms with Crippen LogP contribution in [0.5, 0.6) is 11.5 Å². The summed E-state index contributed by atoms with van der Waals surface area (Å²) in [7, 11) is 2.93. The molecule has 2 aliphatic rings. The summed E-state index contributed by atoms with van der Waals surface area (Å²) in [6.07, 6.45) is 4.75. The molecule has 0 unspecified atom stereocenters. The number of rotatable bonds is 11. The number of carbonyl (C=O) groups excluding carboxylic acids is 2. The second kappa shape index (κ2) is 15.2. The van der Waals surface area contributed by atoms with Crippen molar-refractivity contribution in [3.05, 3.63) is 64.0 Å². The summed E-state index contributed by atoms with van der Waals surface area (Å²) in [5.74, 6) is 0.468. The third-order valence-corrected chi connectivity index (χ3v) is 9.10. The van der Waals surface area contributed by atoms with Crippen LogP contribution in [0.1, 0.15) is 6.42 Å². The van der Waals surface area contributed by atoms with Crippen molar-refractivity contribution in [1.82, 2.24) is 29.7 Å². The molecule has 3 aromatic rings. The monoisotopic (exact) mass is 685 g/mol. The largest absolute Gasteiger partial charge is 0.495 e. The van der Waals surface area contributed by atoms with Crippen molar-refractivity contribution in [2.45, 2.75) is 25.0 Å². The molecule has 2 N–H and O–H groups in total. The van der Waals surface area contributed by atoms with Crippen molar-refractivity contribution in [3.63, 3.8) is 0 Å². The number of aromatic nitrogens is 3. The van der Waals surface area contributed by atoms with Crippen LogP contribution in [-0.2, 0) is 20.9 Å². The molecular formula is C32H37Cl2N7O6. The smallest absolute Gasteiger partial charge is 0.260 e. The first-order valence-corrected chi connectivity index (χ1v) is 15.9. The summed E-state index contributed by atoms with van der Waals surface area (Å²) in [5, 5.41) is 7.10. The highest BCUT2D eigenvalue weighted by molar-refractivity contribution is 6.41. The zero-order valence-electron chi connectivity index (χ0n) is 26.3. The van der Waals surface area contributed by atoms with Gasteiger partial charge in [-0.1, -0.05) is 36.4 Å². The molecule has 0 bridgehead atoms. The Morgan fingerprint density at radius 1 is 1.04 bits per heavy atom. The maximum atomic E-state index is 14.4. The van der Waals surface area contributed by atoms with Crippen LogP contribution < -0.4 is 25.7 Å². The Labute approximate surface area is 282 Å². The quantitative estimate of drug-likeness (QED) is 0.290. The fourth-order valence-corrected chi connectivity index (χ4v) is 6.46. The number of benzene rings is 1. The first-order chi connectivity index (χ1) is 22.7. The average molecular weight is 687 g/mol. The molecular weight excluding hydrogens is 649 g/mol. The van der Waals surface area contributed by atoms with Crippen LogP contribution >= 0.6 is 23.2 Å². The van der Waals surface area contributed by atoms with Crippen LogP contribution in [0.25, 0.3) is 22.2 Å². The van der Waals surface area contributed by atoms with Gasteiger partial charge in [-0.05, 0) is 24.6 Å². The highest BCUT2D eigenvalue weighted by Gasteiger charge is 2.28. The number of pyridine rings is 1. The number of anilines is 1. The van der Waals surface area contributed by atoms with Crippen LogP contribution in [0.4, 0.5) is 5.95 Å². The van der Waals surface area contributed by atoms with Crippen LogP contribution in [0.2, 0.25) is 10.0 Å². The molecule has 4 heterocycles. The summed E-state index contributed by atoms with van der Waals surface area (Å²) >= 11 is 13.5. The minimum atomic E-state index is -0.376. The van der Waals surface area contributed by atoms with E-state index in [2.05, 4.69) is 33.7 Å². The summed E-state index contributed by atoms with van der Waals surface area (Å²) in [6.45, 7) is 11.1. The number of carbonyl (C=O) groups is 2. The van der Waals surface area contributed by atoms with E-state index in [0.717, 1.165) is 0 Å². The van der Waals surface area contributed by atoms with Crippen molar-refractivity contribution in [2.24, 2.45) is 0 Å². The van der Waals surface area contributed by atoms with E-state index in [1.54, 1.807) is 27.8 Å². The van der Waals surface area contributed by atoms with Gasteiger partial charge in [0.15, 0.2) is 0 Å². The van der Waals surface area contributed by atoms with Crippen molar-refractivity contribution in [3.8, 4) is 22.6 Å². The number of amides is 2. The molecule has 47 heavy (non-hydrogen) atoms. The van der Waals surface area contributed by atoms with Gasteiger partial charge in [-0.3, -0.25) is 23.9 Å². The Hall–Kier alpha value is -4.17. The number of methoxy groups -OCH3 is 2. The van der Waals surface area contributed by atoms with Crippen molar-refractivity contribution >= 4 is 52.0 Å². The van der Waals surface area contributed by atoms with Gasteiger partial charge in [0.25, 0.3) is 5.56 Å². The second-order valence-electron chi connectivity index (χ2n) is 11.1. The fourth-order valence-electron chi connectivity index (χ4n) is 5.76. The maximum absolute atomic E-state index is 14.4. The van der Waals surface area contributed by atoms with Gasteiger partial charge in [0, 0.05) is 69.1 Å². The van der Waals surface area contributed by atoms with Gasteiger partial charge in [0.2, 0.25) is 17.8 Å². The van der Waals surface area contributed by atoms with Crippen molar-refractivity contribution in [1.29, 1.82) is 0 Å². The van der Waals surface area contributed by atoms with Crippen LogP contribution in [0, 0.1) is 0 Å². The van der Waals surface area contributed by atoms with Crippen molar-refractivity contribution in [2.75, 3.05) is 65.5 Å². The lowest BCUT2D eigenvalue weighted by Gasteiger charge is -2.34. The normalized spacial score (nSPS) is 18.4. The number of ether oxygens (including phenoxy) is 3. The van der Waals surface area contributed by atoms with Gasteiger partial charge in [-0.15, -0.1) is 0 Å². The van der Waals surface area contributed by atoms with E-state index in [0.29, 0.717) is 74.9 Å².